The summed E-state index contributed by atoms with van der Waals surface area (Å²) in [4.78, 5) is 0. The third-order valence-electron chi connectivity index (χ3n) is 5.25. The fraction of sp³-hybridized carbons (Fsp3) is 0.684. The van der Waals surface area contributed by atoms with E-state index in [1.54, 1.807) is 0 Å². The van der Waals surface area contributed by atoms with Crippen LogP contribution >= 0.6 is 0 Å². The molecule has 1 fully saturated rings. The highest BCUT2D eigenvalue weighted by Crippen LogP contribution is 2.46. The van der Waals surface area contributed by atoms with Gasteiger partial charge in [-0.05, 0) is 61.8 Å². The van der Waals surface area contributed by atoms with Crippen molar-refractivity contribution in [1.29, 1.82) is 0 Å². The molecule has 1 aliphatic rings. The molecule has 1 unspecified atom stereocenters. The van der Waals surface area contributed by atoms with E-state index in [1.165, 1.54) is 55.2 Å². The Morgan fingerprint density at radius 2 is 1.85 bits per heavy atom. The van der Waals surface area contributed by atoms with Gasteiger partial charge in [0.2, 0.25) is 0 Å². The minimum absolute atomic E-state index is 0.423. The van der Waals surface area contributed by atoms with Crippen molar-refractivity contribution in [2.75, 3.05) is 6.54 Å². The molecule has 1 aromatic carbocycles. The molecule has 1 saturated carbocycles. The fourth-order valence-electron chi connectivity index (χ4n) is 3.76. The number of benzene rings is 1. The van der Waals surface area contributed by atoms with Gasteiger partial charge in [-0.3, -0.25) is 0 Å². The van der Waals surface area contributed by atoms with Crippen molar-refractivity contribution in [3.8, 4) is 0 Å². The molecule has 0 spiro atoms. The summed E-state index contributed by atoms with van der Waals surface area (Å²) in [6, 6.07) is 7.32. The molecule has 0 aliphatic heterocycles. The first-order valence-corrected chi connectivity index (χ1v) is 8.38. The van der Waals surface area contributed by atoms with Crippen LogP contribution < -0.4 is 5.32 Å². The Bertz CT molecular complexity index is 429. The van der Waals surface area contributed by atoms with Crippen molar-refractivity contribution in [2.24, 2.45) is 5.41 Å². The molecule has 1 atom stereocenters. The van der Waals surface area contributed by atoms with Gasteiger partial charge in [-0.1, -0.05) is 51.3 Å². The number of aryl methyl sites for hydroxylation is 1. The van der Waals surface area contributed by atoms with Crippen molar-refractivity contribution in [2.45, 2.75) is 72.3 Å². The Balaban J connectivity index is 2.33. The summed E-state index contributed by atoms with van der Waals surface area (Å²) in [5, 5.41) is 3.86. The first kappa shape index (κ1) is 15.6. The zero-order valence-corrected chi connectivity index (χ0v) is 13.8. The van der Waals surface area contributed by atoms with Gasteiger partial charge in [-0.15, -0.1) is 0 Å². The maximum atomic E-state index is 3.86. The molecule has 0 aromatic heterocycles. The molecule has 1 N–H and O–H groups in total. The molecule has 1 nitrogen and oxygen atoms in total. The topological polar surface area (TPSA) is 12.0 Å². The predicted molar refractivity (Wildman–Crippen MR) is 88.1 cm³/mol. The molecular formula is C19H31N. The summed E-state index contributed by atoms with van der Waals surface area (Å²) < 4.78 is 0. The average molecular weight is 273 g/mol. The Labute approximate surface area is 125 Å². The summed E-state index contributed by atoms with van der Waals surface area (Å²) in [7, 11) is 0. The summed E-state index contributed by atoms with van der Waals surface area (Å²) in [5.74, 6) is 0. The van der Waals surface area contributed by atoms with Crippen LogP contribution in [0.2, 0.25) is 0 Å². The van der Waals surface area contributed by atoms with Gasteiger partial charge < -0.3 is 5.32 Å². The third kappa shape index (κ3) is 3.25. The zero-order valence-electron chi connectivity index (χ0n) is 13.8. The van der Waals surface area contributed by atoms with Crippen molar-refractivity contribution < 1.29 is 0 Å². The molecule has 0 saturated heterocycles. The molecule has 0 bridgehead atoms. The number of hydrogen-bond donors (Lipinski definition) is 1. The third-order valence-corrected chi connectivity index (χ3v) is 5.25. The van der Waals surface area contributed by atoms with Crippen LogP contribution in [0.5, 0.6) is 0 Å². The van der Waals surface area contributed by atoms with E-state index in [9.17, 15) is 0 Å². The normalized spacial score (nSPS) is 19.8. The highest BCUT2D eigenvalue weighted by atomic mass is 14.9. The van der Waals surface area contributed by atoms with Gasteiger partial charge in [-0.2, -0.15) is 0 Å². The van der Waals surface area contributed by atoms with E-state index in [-0.39, 0.29) is 0 Å². The van der Waals surface area contributed by atoms with E-state index in [2.05, 4.69) is 51.2 Å². The van der Waals surface area contributed by atoms with Crippen LogP contribution in [0.15, 0.2) is 18.2 Å². The zero-order chi connectivity index (χ0) is 14.6. The second kappa shape index (κ2) is 6.76. The lowest BCUT2D eigenvalue weighted by molar-refractivity contribution is 0.144. The second-order valence-electron chi connectivity index (χ2n) is 6.89. The van der Waals surface area contributed by atoms with Gasteiger partial charge in [0.05, 0.1) is 0 Å². The molecular weight excluding hydrogens is 242 g/mol. The van der Waals surface area contributed by atoms with E-state index in [4.69, 9.17) is 0 Å². The first-order valence-electron chi connectivity index (χ1n) is 8.38. The maximum Gasteiger partial charge on any atom is 0.0377 e. The summed E-state index contributed by atoms with van der Waals surface area (Å²) in [5.41, 5.74) is 4.85. The lowest BCUT2D eigenvalue weighted by Crippen LogP contribution is -2.38. The standard InChI is InChI=1S/C19H31N/c1-5-14-20-18(19(4)12-7-6-8-13-19)17-11-9-10-15(2)16(17)3/h9-11,18,20H,5-8,12-14H2,1-4H3. The number of hydrogen-bond acceptors (Lipinski definition) is 1. The largest absolute Gasteiger partial charge is 0.309 e. The van der Waals surface area contributed by atoms with Gasteiger partial charge in [0.15, 0.2) is 0 Å². The van der Waals surface area contributed by atoms with Crippen LogP contribution in [0.3, 0.4) is 0 Å². The Morgan fingerprint density at radius 1 is 1.15 bits per heavy atom. The molecule has 112 valence electrons. The van der Waals surface area contributed by atoms with Crippen molar-refractivity contribution in [3.63, 3.8) is 0 Å². The Hall–Kier alpha value is -0.820. The van der Waals surface area contributed by atoms with Gasteiger partial charge in [0.1, 0.15) is 0 Å². The molecule has 0 heterocycles. The molecule has 1 heteroatoms. The molecule has 1 aromatic rings. The lowest BCUT2D eigenvalue weighted by atomic mass is 9.68. The van der Waals surface area contributed by atoms with E-state index >= 15 is 0 Å². The summed E-state index contributed by atoms with van der Waals surface area (Å²) in [6.07, 6.45) is 8.14. The highest BCUT2D eigenvalue weighted by Gasteiger charge is 2.36. The molecule has 20 heavy (non-hydrogen) atoms. The Morgan fingerprint density at radius 3 is 2.50 bits per heavy atom. The van der Waals surface area contributed by atoms with Crippen LogP contribution in [-0.4, -0.2) is 6.54 Å². The van der Waals surface area contributed by atoms with Crippen molar-refractivity contribution >= 4 is 0 Å². The molecule has 1 aliphatic carbocycles. The minimum Gasteiger partial charge on any atom is -0.309 e. The van der Waals surface area contributed by atoms with Crippen molar-refractivity contribution in [1.82, 2.24) is 5.32 Å². The molecule has 2 rings (SSSR count). The van der Waals surface area contributed by atoms with E-state index < -0.39 is 0 Å². The quantitative estimate of drug-likeness (QED) is 0.766. The monoisotopic (exact) mass is 273 g/mol. The van der Waals surface area contributed by atoms with E-state index in [1.807, 2.05) is 0 Å². The first-order chi connectivity index (χ1) is 9.58. The van der Waals surface area contributed by atoms with E-state index in [0.29, 0.717) is 11.5 Å². The maximum absolute atomic E-state index is 3.86. The van der Waals surface area contributed by atoms with Gasteiger partial charge in [0.25, 0.3) is 0 Å². The van der Waals surface area contributed by atoms with Crippen LogP contribution in [-0.2, 0) is 0 Å². The van der Waals surface area contributed by atoms with Crippen LogP contribution in [0.1, 0.15) is 75.1 Å². The summed E-state index contributed by atoms with van der Waals surface area (Å²) in [6.45, 7) is 10.4. The average Bonchev–Trinajstić information content (AvgIpc) is 2.44. The SMILES string of the molecule is CCCNC(c1cccc(C)c1C)C1(C)CCCCC1. The van der Waals surface area contributed by atoms with Crippen LogP contribution in [0.25, 0.3) is 0 Å². The van der Waals surface area contributed by atoms with E-state index in [0.717, 1.165) is 6.54 Å². The summed E-state index contributed by atoms with van der Waals surface area (Å²) >= 11 is 0. The Kier molecular flexibility index (Phi) is 5.26. The van der Waals surface area contributed by atoms with Gasteiger partial charge in [-0.25, -0.2) is 0 Å². The fourth-order valence-corrected chi connectivity index (χ4v) is 3.76. The molecule has 0 amide bonds. The lowest BCUT2D eigenvalue weighted by Gasteiger charge is -2.42. The predicted octanol–water partition coefficient (Wildman–Crippen LogP) is 5.31. The van der Waals surface area contributed by atoms with Crippen LogP contribution in [0.4, 0.5) is 0 Å². The van der Waals surface area contributed by atoms with Crippen LogP contribution in [0, 0.1) is 19.3 Å². The second-order valence-corrected chi connectivity index (χ2v) is 6.89. The van der Waals surface area contributed by atoms with Gasteiger partial charge >= 0.3 is 0 Å². The highest BCUT2D eigenvalue weighted by molar-refractivity contribution is 5.36. The van der Waals surface area contributed by atoms with Gasteiger partial charge in [0, 0.05) is 6.04 Å². The molecule has 0 radical (unpaired) electrons. The minimum atomic E-state index is 0.423. The number of rotatable bonds is 5. The smallest absolute Gasteiger partial charge is 0.0377 e. The van der Waals surface area contributed by atoms with Crippen molar-refractivity contribution in [3.05, 3.63) is 34.9 Å². The number of nitrogens with one attached hydrogen (secondary N) is 1.